The van der Waals surface area contributed by atoms with E-state index in [-0.39, 0.29) is 6.61 Å². The van der Waals surface area contributed by atoms with Crippen LogP contribution in [-0.2, 0) is 42.9 Å². The van der Waals surface area contributed by atoms with Crippen molar-refractivity contribution in [2.24, 2.45) is 0 Å². The van der Waals surface area contributed by atoms with Gasteiger partial charge in [-0.3, -0.25) is 19.2 Å². The molecule has 0 spiro atoms. The zero-order valence-electron chi connectivity index (χ0n) is 17.4. The molecule has 0 bridgehead atoms. The number of ether oxygens (including phenoxy) is 5. The Balaban J connectivity index is 2.43. The van der Waals surface area contributed by atoms with E-state index in [0.717, 1.165) is 4.90 Å². The average molecular weight is 475 g/mol. The topological polar surface area (TPSA) is 114 Å². The molecule has 2 rings (SSSR count). The van der Waals surface area contributed by atoms with Gasteiger partial charge in [-0.2, -0.15) is 0 Å². The molecule has 1 heterocycles. The van der Waals surface area contributed by atoms with Gasteiger partial charge in [-0.1, -0.05) is 23.4 Å². The summed E-state index contributed by atoms with van der Waals surface area (Å²) in [5.41, 5.74) is -0.873. The highest BCUT2D eigenvalue weighted by Gasteiger charge is 2.52. The maximum absolute atomic E-state index is 11.8. The number of esters is 4. The molecule has 9 nitrogen and oxygen atoms in total. The molecule has 3 unspecified atom stereocenters. The number of benzene rings is 1. The fraction of sp³-hybridized carbons (Fsp3) is 0.500. The van der Waals surface area contributed by atoms with E-state index in [4.69, 9.17) is 35.3 Å². The van der Waals surface area contributed by atoms with Crippen LogP contribution in [0, 0.1) is 0 Å². The van der Waals surface area contributed by atoms with E-state index in [9.17, 15) is 19.2 Å². The van der Waals surface area contributed by atoms with Gasteiger partial charge < -0.3 is 23.7 Å². The highest BCUT2D eigenvalue weighted by atomic mass is 35.5. The molecule has 0 radical (unpaired) electrons. The lowest BCUT2D eigenvalue weighted by atomic mass is 9.99. The van der Waals surface area contributed by atoms with Gasteiger partial charge in [0.15, 0.2) is 18.3 Å². The molecular weight excluding hydrogens is 452 g/mol. The first-order valence-electron chi connectivity index (χ1n) is 9.29. The number of halogens is 1. The van der Waals surface area contributed by atoms with E-state index in [1.54, 1.807) is 24.3 Å². The molecule has 1 aromatic carbocycles. The van der Waals surface area contributed by atoms with Gasteiger partial charge in [0.25, 0.3) is 0 Å². The molecule has 1 saturated heterocycles. The Morgan fingerprint density at radius 1 is 0.839 bits per heavy atom. The van der Waals surface area contributed by atoms with Gasteiger partial charge >= 0.3 is 23.9 Å². The van der Waals surface area contributed by atoms with Crippen LogP contribution in [0.3, 0.4) is 0 Å². The van der Waals surface area contributed by atoms with Crippen LogP contribution in [0.25, 0.3) is 0 Å². The predicted molar refractivity (Wildman–Crippen MR) is 109 cm³/mol. The molecule has 0 aromatic heterocycles. The summed E-state index contributed by atoms with van der Waals surface area (Å²) in [6.45, 7) is 4.49. The van der Waals surface area contributed by atoms with Crippen LogP contribution in [0.15, 0.2) is 29.2 Å². The summed E-state index contributed by atoms with van der Waals surface area (Å²) < 4.78 is 27.2. The lowest BCUT2D eigenvalue weighted by Crippen LogP contribution is -2.61. The summed E-state index contributed by atoms with van der Waals surface area (Å²) >= 11 is 7.11. The van der Waals surface area contributed by atoms with Gasteiger partial charge in [0.05, 0.1) is 0 Å². The molecule has 1 aliphatic heterocycles. The standard InChI is InChI=1S/C20H23ClO9S/c1-10(22)26-9-16-17(27-11(2)23)18(28-12(3)24)19(29-13(4)25)20(30-16)31-15-7-5-14(21)6-8-15/h5-8,16-20H,9H2,1-4H3/t16?,17-,18?,19?,20-/m1/s1. The molecule has 5 atom stereocenters. The van der Waals surface area contributed by atoms with Crippen molar-refractivity contribution in [1.82, 2.24) is 0 Å². The summed E-state index contributed by atoms with van der Waals surface area (Å²) in [4.78, 5) is 47.4. The van der Waals surface area contributed by atoms with Gasteiger partial charge in [-0.05, 0) is 24.3 Å². The molecule has 11 heteroatoms. The molecule has 1 aliphatic rings. The molecular formula is C20H23ClO9S. The Bertz CT molecular complexity index is 813. The Hall–Kier alpha value is -2.30. The number of carbonyl (C=O) groups excluding carboxylic acids is 4. The normalized spacial score (nSPS) is 25.3. The van der Waals surface area contributed by atoms with Gasteiger partial charge in [0, 0.05) is 37.6 Å². The first-order chi connectivity index (χ1) is 14.6. The second-order valence-electron chi connectivity index (χ2n) is 6.64. The molecule has 0 N–H and O–H groups in total. The van der Waals surface area contributed by atoms with Crippen LogP contribution < -0.4 is 0 Å². The van der Waals surface area contributed by atoms with E-state index >= 15 is 0 Å². The Kier molecular flexibility index (Phi) is 9.15. The first-order valence-corrected chi connectivity index (χ1v) is 10.5. The average Bonchev–Trinajstić information content (AvgIpc) is 2.65. The van der Waals surface area contributed by atoms with Crippen molar-refractivity contribution in [2.75, 3.05) is 6.61 Å². The number of carbonyl (C=O) groups is 4. The molecule has 0 aliphatic carbocycles. The maximum Gasteiger partial charge on any atom is 0.303 e. The van der Waals surface area contributed by atoms with E-state index in [2.05, 4.69) is 0 Å². The van der Waals surface area contributed by atoms with Crippen molar-refractivity contribution >= 4 is 47.2 Å². The van der Waals surface area contributed by atoms with Crippen molar-refractivity contribution in [3.8, 4) is 0 Å². The smallest absolute Gasteiger partial charge is 0.303 e. The zero-order chi connectivity index (χ0) is 23.1. The molecule has 0 saturated carbocycles. The van der Waals surface area contributed by atoms with Crippen molar-refractivity contribution in [3.05, 3.63) is 29.3 Å². The fourth-order valence-electron chi connectivity index (χ4n) is 2.93. The van der Waals surface area contributed by atoms with E-state index in [1.807, 2.05) is 0 Å². The highest BCUT2D eigenvalue weighted by Crippen LogP contribution is 2.37. The minimum atomic E-state index is -1.19. The third-order valence-electron chi connectivity index (χ3n) is 4.01. The van der Waals surface area contributed by atoms with Crippen LogP contribution in [0.4, 0.5) is 0 Å². The van der Waals surface area contributed by atoms with Crippen LogP contribution >= 0.6 is 23.4 Å². The Morgan fingerprint density at radius 2 is 1.35 bits per heavy atom. The van der Waals surface area contributed by atoms with Crippen molar-refractivity contribution < 1.29 is 42.9 Å². The van der Waals surface area contributed by atoms with Gasteiger partial charge in [-0.15, -0.1) is 0 Å². The molecule has 31 heavy (non-hydrogen) atoms. The minimum absolute atomic E-state index is 0.268. The third-order valence-corrected chi connectivity index (χ3v) is 5.42. The van der Waals surface area contributed by atoms with E-state index in [0.29, 0.717) is 5.02 Å². The lowest BCUT2D eigenvalue weighted by molar-refractivity contribution is -0.237. The monoisotopic (exact) mass is 474 g/mol. The summed E-state index contributed by atoms with van der Waals surface area (Å²) in [6, 6.07) is 6.83. The summed E-state index contributed by atoms with van der Waals surface area (Å²) in [5.74, 6) is -2.57. The summed E-state index contributed by atoms with van der Waals surface area (Å²) in [5, 5.41) is 0.533. The van der Waals surface area contributed by atoms with Gasteiger partial charge in [-0.25, -0.2) is 0 Å². The van der Waals surface area contributed by atoms with Crippen molar-refractivity contribution in [3.63, 3.8) is 0 Å². The number of rotatable bonds is 7. The highest BCUT2D eigenvalue weighted by molar-refractivity contribution is 7.99. The Labute approximate surface area is 188 Å². The summed E-state index contributed by atoms with van der Waals surface area (Å²) in [6.07, 6.45) is -4.45. The van der Waals surface area contributed by atoms with Gasteiger partial charge in [0.1, 0.15) is 18.1 Å². The zero-order valence-corrected chi connectivity index (χ0v) is 18.9. The molecule has 1 aromatic rings. The van der Waals surface area contributed by atoms with Crippen LogP contribution in [-0.4, -0.2) is 60.3 Å². The molecule has 0 amide bonds. The minimum Gasteiger partial charge on any atom is -0.463 e. The van der Waals surface area contributed by atoms with Crippen LogP contribution in [0.1, 0.15) is 27.7 Å². The van der Waals surface area contributed by atoms with Crippen LogP contribution in [0.2, 0.25) is 5.02 Å². The van der Waals surface area contributed by atoms with E-state index < -0.39 is 53.7 Å². The SMILES string of the molecule is CC(=O)OCC1O[C@H](Sc2ccc(Cl)cc2)C(OC(C)=O)C(OC(C)=O)[C@@H]1OC(C)=O. The van der Waals surface area contributed by atoms with Crippen LogP contribution in [0.5, 0.6) is 0 Å². The first kappa shape index (κ1) is 25.0. The largest absolute Gasteiger partial charge is 0.463 e. The molecule has 170 valence electrons. The lowest BCUT2D eigenvalue weighted by Gasteiger charge is -2.44. The third kappa shape index (κ3) is 7.71. The Morgan fingerprint density at radius 3 is 1.87 bits per heavy atom. The van der Waals surface area contributed by atoms with Gasteiger partial charge in [0.2, 0.25) is 0 Å². The second kappa shape index (κ2) is 11.4. The number of hydrogen-bond donors (Lipinski definition) is 0. The number of thioether (sulfide) groups is 1. The second-order valence-corrected chi connectivity index (χ2v) is 8.25. The quantitative estimate of drug-likeness (QED) is 0.431. The van der Waals surface area contributed by atoms with Crippen molar-refractivity contribution in [1.29, 1.82) is 0 Å². The number of hydrogen-bond acceptors (Lipinski definition) is 10. The van der Waals surface area contributed by atoms with E-state index in [1.165, 1.54) is 39.5 Å². The fourth-order valence-corrected chi connectivity index (χ4v) is 4.16. The molecule has 1 fully saturated rings. The summed E-state index contributed by atoms with van der Waals surface area (Å²) in [7, 11) is 0. The maximum atomic E-state index is 11.8. The van der Waals surface area contributed by atoms with Crippen molar-refractivity contribution in [2.45, 2.75) is 62.4 Å². The predicted octanol–water partition coefficient (Wildman–Crippen LogP) is 2.52.